The second-order valence-corrected chi connectivity index (χ2v) is 5.72. The SMILES string of the molecule is CC(C)c1ccc(C(N)CN2CCCCC2=O)cc1. The molecule has 0 spiro atoms. The molecule has 2 N–H and O–H groups in total. The number of benzene rings is 1. The molecule has 1 saturated heterocycles. The molecule has 3 heteroatoms. The molecule has 1 aliphatic heterocycles. The van der Waals surface area contributed by atoms with Crippen molar-refractivity contribution in [1.82, 2.24) is 4.90 Å². The fraction of sp³-hybridized carbons (Fsp3) is 0.562. The summed E-state index contributed by atoms with van der Waals surface area (Å²) in [5.74, 6) is 0.787. The van der Waals surface area contributed by atoms with Gasteiger partial charge in [-0.15, -0.1) is 0 Å². The van der Waals surface area contributed by atoms with Gasteiger partial charge in [0.15, 0.2) is 0 Å². The van der Waals surface area contributed by atoms with Gasteiger partial charge in [-0.2, -0.15) is 0 Å². The Hall–Kier alpha value is -1.35. The average Bonchev–Trinajstić information content (AvgIpc) is 2.41. The summed E-state index contributed by atoms with van der Waals surface area (Å²) >= 11 is 0. The number of likely N-dealkylation sites (tertiary alicyclic amines) is 1. The van der Waals surface area contributed by atoms with Gasteiger partial charge in [-0.3, -0.25) is 4.79 Å². The molecular weight excluding hydrogens is 236 g/mol. The van der Waals surface area contributed by atoms with Gasteiger partial charge in [0, 0.05) is 25.6 Å². The Morgan fingerprint density at radius 1 is 1.16 bits per heavy atom. The van der Waals surface area contributed by atoms with Gasteiger partial charge in [0.05, 0.1) is 0 Å². The molecule has 1 atom stereocenters. The van der Waals surface area contributed by atoms with Gasteiger partial charge in [0.2, 0.25) is 5.91 Å². The summed E-state index contributed by atoms with van der Waals surface area (Å²) in [4.78, 5) is 13.7. The van der Waals surface area contributed by atoms with E-state index < -0.39 is 0 Å². The second-order valence-electron chi connectivity index (χ2n) is 5.72. The number of hydrogen-bond acceptors (Lipinski definition) is 2. The molecule has 1 aromatic carbocycles. The van der Waals surface area contributed by atoms with E-state index in [0.717, 1.165) is 24.9 Å². The van der Waals surface area contributed by atoms with E-state index in [-0.39, 0.29) is 11.9 Å². The van der Waals surface area contributed by atoms with Crippen LogP contribution in [0.15, 0.2) is 24.3 Å². The van der Waals surface area contributed by atoms with E-state index in [4.69, 9.17) is 5.73 Å². The number of nitrogens with two attached hydrogens (primary N) is 1. The number of nitrogens with zero attached hydrogens (tertiary/aromatic N) is 1. The first-order valence-electron chi connectivity index (χ1n) is 7.21. The highest BCUT2D eigenvalue weighted by Crippen LogP contribution is 2.20. The molecule has 1 unspecified atom stereocenters. The molecule has 1 amide bonds. The Labute approximate surface area is 115 Å². The van der Waals surface area contributed by atoms with Gasteiger partial charge < -0.3 is 10.6 Å². The Morgan fingerprint density at radius 2 is 1.79 bits per heavy atom. The summed E-state index contributed by atoms with van der Waals surface area (Å²) in [7, 11) is 0. The van der Waals surface area contributed by atoms with Crippen molar-refractivity contribution < 1.29 is 4.79 Å². The van der Waals surface area contributed by atoms with Crippen LogP contribution in [0.3, 0.4) is 0 Å². The van der Waals surface area contributed by atoms with Gasteiger partial charge in [-0.1, -0.05) is 38.1 Å². The molecule has 1 fully saturated rings. The second kappa shape index (κ2) is 6.20. The van der Waals surface area contributed by atoms with Crippen LogP contribution in [0.5, 0.6) is 0 Å². The first-order chi connectivity index (χ1) is 9.08. The maximum Gasteiger partial charge on any atom is 0.222 e. The van der Waals surface area contributed by atoms with E-state index in [0.29, 0.717) is 18.9 Å². The lowest BCUT2D eigenvalue weighted by molar-refractivity contribution is -0.133. The number of carbonyl (C=O) groups excluding carboxylic acids is 1. The molecule has 0 aromatic heterocycles. The van der Waals surface area contributed by atoms with Crippen molar-refractivity contribution in [3.63, 3.8) is 0 Å². The molecule has 0 bridgehead atoms. The lowest BCUT2D eigenvalue weighted by Crippen LogP contribution is -2.40. The molecular formula is C16H24N2O. The first kappa shape index (κ1) is 14.1. The summed E-state index contributed by atoms with van der Waals surface area (Å²) < 4.78 is 0. The summed E-state index contributed by atoms with van der Waals surface area (Å²) in [6.45, 7) is 5.86. The first-order valence-corrected chi connectivity index (χ1v) is 7.21. The number of piperidine rings is 1. The van der Waals surface area contributed by atoms with Crippen LogP contribution in [0.1, 0.15) is 56.2 Å². The normalized spacial score (nSPS) is 17.9. The van der Waals surface area contributed by atoms with Crippen LogP contribution in [0, 0.1) is 0 Å². The maximum absolute atomic E-state index is 11.8. The smallest absolute Gasteiger partial charge is 0.222 e. The van der Waals surface area contributed by atoms with Crippen molar-refractivity contribution in [3.8, 4) is 0 Å². The molecule has 19 heavy (non-hydrogen) atoms. The highest BCUT2D eigenvalue weighted by molar-refractivity contribution is 5.76. The van der Waals surface area contributed by atoms with Crippen LogP contribution in [-0.2, 0) is 4.79 Å². The monoisotopic (exact) mass is 260 g/mol. The molecule has 3 nitrogen and oxygen atoms in total. The fourth-order valence-corrected chi connectivity index (χ4v) is 2.53. The van der Waals surface area contributed by atoms with Crippen LogP contribution in [0.2, 0.25) is 0 Å². The summed E-state index contributed by atoms with van der Waals surface area (Å²) in [5, 5.41) is 0. The molecule has 0 aliphatic carbocycles. The van der Waals surface area contributed by atoms with Crippen LogP contribution in [-0.4, -0.2) is 23.9 Å². The zero-order chi connectivity index (χ0) is 13.8. The largest absolute Gasteiger partial charge is 0.341 e. The Balaban J connectivity index is 1.98. The zero-order valence-electron chi connectivity index (χ0n) is 11.9. The summed E-state index contributed by atoms with van der Waals surface area (Å²) in [6, 6.07) is 8.38. The van der Waals surface area contributed by atoms with Crippen LogP contribution in [0.25, 0.3) is 0 Å². The third-order valence-corrected chi connectivity index (χ3v) is 3.87. The summed E-state index contributed by atoms with van der Waals surface area (Å²) in [6.07, 6.45) is 2.80. The quantitative estimate of drug-likeness (QED) is 0.905. The number of rotatable bonds is 4. The van der Waals surface area contributed by atoms with Crippen LogP contribution >= 0.6 is 0 Å². The third-order valence-electron chi connectivity index (χ3n) is 3.87. The average molecular weight is 260 g/mol. The Morgan fingerprint density at radius 3 is 2.37 bits per heavy atom. The van der Waals surface area contributed by atoms with E-state index in [1.165, 1.54) is 5.56 Å². The summed E-state index contributed by atoms with van der Waals surface area (Å²) in [5.41, 5.74) is 8.66. The van der Waals surface area contributed by atoms with E-state index >= 15 is 0 Å². The van der Waals surface area contributed by atoms with Gasteiger partial charge in [0.1, 0.15) is 0 Å². The highest BCUT2D eigenvalue weighted by atomic mass is 16.2. The lowest BCUT2D eigenvalue weighted by atomic mass is 9.99. The van der Waals surface area contributed by atoms with Crippen molar-refractivity contribution in [2.24, 2.45) is 5.73 Å². The predicted molar refractivity (Wildman–Crippen MR) is 77.9 cm³/mol. The lowest BCUT2D eigenvalue weighted by Gasteiger charge is -2.29. The molecule has 2 rings (SSSR count). The standard InChI is InChI=1S/C16H24N2O/c1-12(2)13-6-8-14(9-7-13)15(17)11-18-10-4-3-5-16(18)19/h6-9,12,15H,3-5,10-11,17H2,1-2H3. The van der Waals surface area contributed by atoms with Crippen LogP contribution < -0.4 is 5.73 Å². The van der Waals surface area contributed by atoms with Crippen molar-refractivity contribution in [2.75, 3.05) is 13.1 Å². The predicted octanol–water partition coefficient (Wildman–Crippen LogP) is 2.82. The van der Waals surface area contributed by atoms with Crippen LogP contribution in [0.4, 0.5) is 0 Å². The van der Waals surface area contributed by atoms with E-state index in [9.17, 15) is 4.79 Å². The highest BCUT2D eigenvalue weighted by Gasteiger charge is 2.20. The van der Waals surface area contributed by atoms with Crippen molar-refractivity contribution >= 4 is 5.91 Å². The minimum atomic E-state index is -0.0803. The Bertz CT molecular complexity index is 425. The topological polar surface area (TPSA) is 46.3 Å². The number of carbonyl (C=O) groups is 1. The Kier molecular flexibility index (Phi) is 4.59. The van der Waals surface area contributed by atoms with Crippen molar-refractivity contribution in [2.45, 2.75) is 45.1 Å². The van der Waals surface area contributed by atoms with E-state index in [1.807, 2.05) is 4.90 Å². The molecule has 0 saturated carbocycles. The van der Waals surface area contributed by atoms with Gasteiger partial charge in [-0.05, 0) is 29.9 Å². The molecule has 1 aliphatic rings. The third kappa shape index (κ3) is 3.57. The number of hydrogen-bond donors (Lipinski definition) is 1. The zero-order valence-corrected chi connectivity index (χ0v) is 11.9. The van der Waals surface area contributed by atoms with E-state index in [2.05, 4.69) is 38.1 Å². The van der Waals surface area contributed by atoms with Gasteiger partial charge in [-0.25, -0.2) is 0 Å². The van der Waals surface area contributed by atoms with E-state index in [1.54, 1.807) is 0 Å². The number of amides is 1. The fourth-order valence-electron chi connectivity index (χ4n) is 2.53. The maximum atomic E-state index is 11.8. The minimum Gasteiger partial charge on any atom is -0.341 e. The molecule has 104 valence electrons. The minimum absolute atomic E-state index is 0.0803. The van der Waals surface area contributed by atoms with Crippen molar-refractivity contribution in [1.29, 1.82) is 0 Å². The van der Waals surface area contributed by atoms with Gasteiger partial charge >= 0.3 is 0 Å². The van der Waals surface area contributed by atoms with Gasteiger partial charge in [0.25, 0.3) is 0 Å². The molecule has 0 radical (unpaired) electrons. The molecule has 1 aromatic rings. The van der Waals surface area contributed by atoms with Crippen molar-refractivity contribution in [3.05, 3.63) is 35.4 Å². The molecule has 1 heterocycles.